The van der Waals surface area contributed by atoms with Gasteiger partial charge in [0.05, 0.1) is 23.7 Å². The summed E-state index contributed by atoms with van der Waals surface area (Å²) >= 11 is 0. The van der Waals surface area contributed by atoms with Crippen LogP contribution in [0.5, 0.6) is 0 Å². The first-order valence-corrected chi connectivity index (χ1v) is 12.2. The largest absolute Gasteiger partial charge is 0.336 e. The fourth-order valence-electron chi connectivity index (χ4n) is 4.24. The van der Waals surface area contributed by atoms with E-state index < -0.39 is 0 Å². The zero-order chi connectivity index (χ0) is 24.6. The summed E-state index contributed by atoms with van der Waals surface area (Å²) in [6, 6.07) is 15.6. The predicted molar refractivity (Wildman–Crippen MR) is 161 cm³/mol. The lowest BCUT2D eigenvalue weighted by Gasteiger charge is -2.34. The Hall–Kier alpha value is -2.81. The molecule has 0 atom stereocenters. The number of unbranched alkanes of at least 4 members (excludes halogenated alkanes) is 1. The second-order valence-corrected chi connectivity index (χ2v) is 8.97. The minimum absolute atomic E-state index is 0. The molecule has 1 amide bonds. The number of nitrogens with zero attached hydrogens (tertiary/aromatic N) is 5. The average molecular weight is 619 g/mol. The predicted octanol–water partition coefficient (Wildman–Crippen LogP) is 5.64. The summed E-state index contributed by atoms with van der Waals surface area (Å²) in [6.07, 6.45) is 5.70. The Bertz CT molecular complexity index is 1280. The molecule has 1 saturated heterocycles. The van der Waals surface area contributed by atoms with Gasteiger partial charge in [0.2, 0.25) is 0 Å². The van der Waals surface area contributed by atoms with Crippen molar-refractivity contribution in [1.29, 1.82) is 5.26 Å². The summed E-state index contributed by atoms with van der Waals surface area (Å²) in [5, 5.41) is 8.99. The summed E-state index contributed by atoms with van der Waals surface area (Å²) in [6.45, 7) is 8.72. The van der Waals surface area contributed by atoms with Gasteiger partial charge in [0.15, 0.2) is 0 Å². The number of aromatic nitrogens is 2. The number of imidazole rings is 1. The van der Waals surface area contributed by atoms with E-state index in [-0.39, 0.29) is 47.7 Å². The standard InChI is InChI=1S/C29H31N5O.BrH.2ClH/c1-3-4-5-6-26-11-12-27(17-23(26)2)29(35)33-15-13-32(14-16-33)21-28-19-31-22-34(28)20-25-9-7-24(18-30)8-10-25;;;/h7-12,17,19,22H,3-4,13-16,20-21H2,1-2H3;3*1H. The van der Waals surface area contributed by atoms with Crippen LogP contribution in [0.1, 0.15) is 58.1 Å². The maximum Gasteiger partial charge on any atom is 0.253 e. The molecule has 1 aliphatic rings. The van der Waals surface area contributed by atoms with Crippen molar-refractivity contribution in [2.45, 2.75) is 39.8 Å². The number of carbonyl (C=O) groups is 1. The summed E-state index contributed by atoms with van der Waals surface area (Å²) in [5.74, 6) is 6.48. The van der Waals surface area contributed by atoms with Gasteiger partial charge in [0.1, 0.15) is 0 Å². The molecule has 0 unspecified atom stereocenters. The van der Waals surface area contributed by atoms with Crippen LogP contribution in [-0.4, -0.2) is 51.4 Å². The first-order chi connectivity index (χ1) is 17.1. The van der Waals surface area contributed by atoms with E-state index in [1.54, 1.807) is 0 Å². The van der Waals surface area contributed by atoms with Crippen LogP contribution >= 0.6 is 41.8 Å². The van der Waals surface area contributed by atoms with Crippen LogP contribution in [0.4, 0.5) is 0 Å². The minimum atomic E-state index is 0. The van der Waals surface area contributed by atoms with Gasteiger partial charge >= 0.3 is 0 Å². The van der Waals surface area contributed by atoms with E-state index in [2.05, 4.69) is 39.3 Å². The summed E-state index contributed by atoms with van der Waals surface area (Å²) < 4.78 is 2.15. The van der Waals surface area contributed by atoms with E-state index in [0.29, 0.717) is 18.7 Å². The molecule has 2 aromatic carbocycles. The van der Waals surface area contributed by atoms with E-state index in [4.69, 9.17) is 5.26 Å². The van der Waals surface area contributed by atoms with Crippen LogP contribution in [0.2, 0.25) is 0 Å². The highest BCUT2D eigenvalue weighted by Crippen LogP contribution is 2.16. The number of benzene rings is 2. The van der Waals surface area contributed by atoms with Crippen molar-refractivity contribution >= 4 is 47.7 Å². The highest BCUT2D eigenvalue weighted by molar-refractivity contribution is 8.93. The molecule has 0 bridgehead atoms. The molecule has 6 nitrogen and oxygen atoms in total. The van der Waals surface area contributed by atoms with Crippen molar-refractivity contribution in [3.63, 3.8) is 0 Å². The van der Waals surface area contributed by atoms with Crippen LogP contribution in [0.25, 0.3) is 0 Å². The number of nitriles is 1. The molecule has 0 radical (unpaired) electrons. The molecule has 3 aromatic rings. The zero-order valence-corrected chi connectivity index (χ0v) is 25.1. The van der Waals surface area contributed by atoms with Crippen LogP contribution in [-0.2, 0) is 13.1 Å². The lowest BCUT2D eigenvalue weighted by Crippen LogP contribution is -2.48. The smallest absolute Gasteiger partial charge is 0.253 e. The van der Waals surface area contributed by atoms with Crippen molar-refractivity contribution in [2.75, 3.05) is 26.2 Å². The first kappa shape index (κ1) is 33.2. The normalized spacial score (nSPS) is 12.6. The van der Waals surface area contributed by atoms with Crippen LogP contribution in [0, 0.1) is 30.1 Å². The van der Waals surface area contributed by atoms with E-state index >= 15 is 0 Å². The topological polar surface area (TPSA) is 65.2 Å². The van der Waals surface area contributed by atoms with Crippen LogP contribution in [0.15, 0.2) is 55.0 Å². The number of hydrogen-bond acceptors (Lipinski definition) is 4. The molecule has 0 spiro atoms. The van der Waals surface area contributed by atoms with E-state index in [0.717, 1.165) is 67.0 Å². The van der Waals surface area contributed by atoms with Gasteiger partial charge < -0.3 is 9.47 Å². The number of amides is 1. The third-order valence-electron chi connectivity index (χ3n) is 6.35. The molecule has 0 saturated carbocycles. The van der Waals surface area contributed by atoms with Gasteiger partial charge in [0.25, 0.3) is 5.91 Å². The number of halogens is 3. The van der Waals surface area contributed by atoms with Gasteiger partial charge in [-0.3, -0.25) is 9.69 Å². The number of rotatable bonds is 6. The lowest BCUT2D eigenvalue weighted by atomic mass is 10.0. The lowest BCUT2D eigenvalue weighted by molar-refractivity contribution is 0.0625. The van der Waals surface area contributed by atoms with Crippen molar-refractivity contribution in [3.8, 4) is 17.9 Å². The first-order valence-electron chi connectivity index (χ1n) is 12.2. The Morgan fingerprint density at radius 1 is 1.03 bits per heavy atom. The zero-order valence-electron chi connectivity index (χ0n) is 21.7. The van der Waals surface area contributed by atoms with Crippen LogP contribution in [0.3, 0.4) is 0 Å². The highest BCUT2D eigenvalue weighted by Gasteiger charge is 2.23. The summed E-state index contributed by atoms with van der Waals surface area (Å²) in [7, 11) is 0. The second-order valence-electron chi connectivity index (χ2n) is 8.97. The molecule has 1 aliphatic heterocycles. The third kappa shape index (κ3) is 8.61. The van der Waals surface area contributed by atoms with Gasteiger partial charge in [-0.05, 0) is 54.8 Å². The quantitative estimate of drug-likeness (QED) is 0.335. The maximum atomic E-state index is 13.1. The number of hydrogen-bond donors (Lipinski definition) is 0. The van der Waals surface area contributed by atoms with Crippen molar-refractivity contribution in [3.05, 3.63) is 88.5 Å². The minimum Gasteiger partial charge on any atom is -0.336 e. The Balaban J connectivity index is 0.00000241. The van der Waals surface area contributed by atoms with Gasteiger partial charge in [0, 0.05) is 63.0 Å². The van der Waals surface area contributed by atoms with Gasteiger partial charge in [-0.15, -0.1) is 41.8 Å². The fourth-order valence-corrected chi connectivity index (χ4v) is 4.24. The Labute approximate surface area is 248 Å². The summed E-state index contributed by atoms with van der Waals surface area (Å²) in [5.41, 5.74) is 5.73. The SMILES string of the molecule is Br.CCCC#Cc1ccc(C(=O)N2CCN(Cc3cncn3Cc3ccc(C#N)cc3)CC2)cc1C.Cl.Cl. The molecule has 1 aromatic heterocycles. The molecular formula is C29H34BrCl2N5O. The number of aryl methyl sites for hydroxylation is 1. The van der Waals surface area contributed by atoms with Crippen molar-refractivity contribution in [1.82, 2.24) is 19.4 Å². The maximum absolute atomic E-state index is 13.1. The van der Waals surface area contributed by atoms with Crippen molar-refractivity contribution < 1.29 is 4.79 Å². The molecule has 0 N–H and O–H groups in total. The molecule has 2 heterocycles. The second kappa shape index (κ2) is 16.2. The number of piperazine rings is 1. The van der Waals surface area contributed by atoms with Gasteiger partial charge in [-0.2, -0.15) is 5.26 Å². The molecule has 4 rings (SSSR count). The monoisotopic (exact) mass is 617 g/mol. The molecular weight excluding hydrogens is 585 g/mol. The van der Waals surface area contributed by atoms with Crippen molar-refractivity contribution in [2.24, 2.45) is 0 Å². The van der Waals surface area contributed by atoms with Gasteiger partial charge in [-0.25, -0.2) is 4.98 Å². The third-order valence-corrected chi connectivity index (χ3v) is 6.35. The molecule has 9 heteroatoms. The van der Waals surface area contributed by atoms with E-state index in [1.807, 2.05) is 66.8 Å². The Kier molecular flexibility index (Phi) is 14.2. The Morgan fingerprint density at radius 2 is 1.74 bits per heavy atom. The molecule has 1 fully saturated rings. The molecule has 38 heavy (non-hydrogen) atoms. The average Bonchev–Trinajstić information content (AvgIpc) is 3.31. The summed E-state index contributed by atoms with van der Waals surface area (Å²) in [4.78, 5) is 21.8. The number of carbonyl (C=O) groups excluding carboxylic acids is 1. The van der Waals surface area contributed by atoms with E-state index in [1.165, 1.54) is 0 Å². The molecule has 0 aliphatic carbocycles. The van der Waals surface area contributed by atoms with E-state index in [9.17, 15) is 4.79 Å². The Morgan fingerprint density at radius 3 is 2.37 bits per heavy atom. The van der Waals surface area contributed by atoms with Gasteiger partial charge in [-0.1, -0.05) is 30.9 Å². The van der Waals surface area contributed by atoms with Crippen LogP contribution < -0.4 is 0 Å². The molecule has 202 valence electrons. The highest BCUT2D eigenvalue weighted by atomic mass is 79.9. The fraction of sp³-hybridized carbons (Fsp3) is 0.345.